The Bertz CT molecular complexity index is 1210. The van der Waals surface area contributed by atoms with Gasteiger partial charge in [-0.2, -0.15) is 5.26 Å². The van der Waals surface area contributed by atoms with Crippen LogP contribution in [0.4, 0.5) is 5.69 Å². The number of nitriles is 1. The molecule has 0 aliphatic rings. The Kier molecular flexibility index (Phi) is 7.50. The molecule has 0 spiro atoms. The number of carbonyl (C=O) groups is 2. The molecule has 3 aromatic rings. The van der Waals surface area contributed by atoms with Gasteiger partial charge >= 0.3 is 5.97 Å². The van der Waals surface area contributed by atoms with E-state index in [-0.39, 0.29) is 11.3 Å². The Morgan fingerprint density at radius 3 is 2.28 bits per heavy atom. The highest BCUT2D eigenvalue weighted by Gasteiger charge is 2.15. The summed E-state index contributed by atoms with van der Waals surface area (Å²) in [4.78, 5) is 25.0. The van der Waals surface area contributed by atoms with Crippen molar-refractivity contribution in [2.45, 2.75) is 0 Å². The summed E-state index contributed by atoms with van der Waals surface area (Å²) in [7, 11) is 1.44. The van der Waals surface area contributed by atoms with Crippen LogP contribution >= 0.6 is 23.2 Å². The largest absolute Gasteiger partial charge is 0.493 e. The first kappa shape index (κ1) is 22.9. The summed E-state index contributed by atoms with van der Waals surface area (Å²) in [6.45, 7) is 0. The molecule has 0 aromatic heterocycles. The Hall–Kier alpha value is -3.79. The summed E-state index contributed by atoms with van der Waals surface area (Å²) >= 11 is 11.9. The molecule has 8 heteroatoms. The molecule has 0 saturated heterocycles. The minimum atomic E-state index is -0.649. The number of nitrogens with zero attached hydrogens (tertiary/aromatic N) is 1. The van der Waals surface area contributed by atoms with Crippen LogP contribution in [0.3, 0.4) is 0 Å². The third-order valence-electron chi connectivity index (χ3n) is 4.20. The maximum absolute atomic E-state index is 12.5. The number of hydrogen-bond acceptors (Lipinski definition) is 5. The summed E-state index contributed by atoms with van der Waals surface area (Å²) in [6.07, 6.45) is 1.36. The monoisotopic (exact) mass is 466 g/mol. The molecule has 0 bridgehead atoms. The number of carbonyl (C=O) groups excluding carboxylic acids is 2. The predicted molar refractivity (Wildman–Crippen MR) is 123 cm³/mol. The van der Waals surface area contributed by atoms with Crippen LogP contribution in [0.25, 0.3) is 6.08 Å². The number of anilines is 1. The fraction of sp³-hybridized carbons (Fsp3) is 0.0417. The lowest BCUT2D eigenvalue weighted by Crippen LogP contribution is -2.13. The molecule has 6 nitrogen and oxygen atoms in total. The zero-order valence-electron chi connectivity index (χ0n) is 16.8. The number of amides is 1. The minimum absolute atomic E-state index is 0.148. The Labute approximate surface area is 194 Å². The maximum atomic E-state index is 12.5. The van der Waals surface area contributed by atoms with E-state index in [1.54, 1.807) is 42.5 Å². The molecule has 0 aliphatic carbocycles. The third kappa shape index (κ3) is 5.88. The predicted octanol–water partition coefficient (Wildman–Crippen LogP) is 5.77. The lowest BCUT2D eigenvalue weighted by Gasteiger charge is -2.10. The smallest absolute Gasteiger partial charge is 0.343 e. The second-order valence-electron chi connectivity index (χ2n) is 6.45. The molecular formula is C24H16Cl2N2O4. The molecule has 0 saturated carbocycles. The Morgan fingerprint density at radius 1 is 0.969 bits per heavy atom. The number of benzene rings is 3. The first-order valence-corrected chi connectivity index (χ1v) is 9.99. The van der Waals surface area contributed by atoms with Gasteiger partial charge in [0.2, 0.25) is 0 Å². The van der Waals surface area contributed by atoms with Crippen molar-refractivity contribution in [1.82, 2.24) is 0 Å². The number of halogens is 2. The van der Waals surface area contributed by atoms with Crippen molar-refractivity contribution >= 4 is 46.8 Å². The van der Waals surface area contributed by atoms with E-state index >= 15 is 0 Å². The van der Waals surface area contributed by atoms with E-state index in [4.69, 9.17) is 32.7 Å². The fourth-order valence-electron chi connectivity index (χ4n) is 2.74. The number of nitrogens with one attached hydrogen (secondary N) is 1. The second-order valence-corrected chi connectivity index (χ2v) is 7.32. The van der Waals surface area contributed by atoms with Crippen LogP contribution in [0.1, 0.15) is 15.9 Å². The molecule has 0 fully saturated rings. The van der Waals surface area contributed by atoms with Gasteiger partial charge in [-0.3, -0.25) is 4.79 Å². The highest BCUT2D eigenvalue weighted by atomic mass is 35.5. The third-order valence-corrected chi connectivity index (χ3v) is 4.63. The SMILES string of the molecule is COc1ccc(/C=C(\C#N)C(=O)Nc2cc(Cl)cc(Cl)c2)cc1OC(=O)c1ccccc1. The van der Waals surface area contributed by atoms with E-state index in [0.29, 0.717) is 32.6 Å². The van der Waals surface area contributed by atoms with E-state index in [1.807, 2.05) is 6.07 Å². The lowest BCUT2D eigenvalue weighted by atomic mass is 10.1. The van der Waals surface area contributed by atoms with Crippen molar-refractivity contribution in [3.05, 3.63) is 93.5 Å². The maximum Gasteiger partial charge on any atom is 0.343 e. The van der Waals surface area contributed by atoms with E-state index < -0.39 is 11.9 Å². The molecule has 0 heterocycles. The fourth-order valence-corrected chi connectivity index (χ4v) is 3.26. The first-order chi connectivity index (χ1) is 15.4. The van der Waals surface area contributed by atoms with Crippen molar-refractivity contribution < 1.29 is 19.1 Å². The molecule has 1 amide bonds. The molecule has 0 atom stereocenters. The first-order valence-electron chi connectivity index (χ1n) is 9.24. The standard InChI is InChI=1S/C24H16Cl2N2O4/c1-31-21-8-7-15(10-22(21)32-24(30)16-5-3-2-4-6-16)9-17(14-27)23(29)28-20-12-18(25)11-19(26)13-20/h2-13H,1H3,(H,28,29)/b17-9+. The van der Waals surface area contributed by atoms with E-state index in [1.165, 1.54) is 37.5 Å². The van der Waals surface area contributed by atoms with Gasteiger partial charge in [-0.25, -0.2) is 4.79 Å². The molecular weight excluding hydrogens is 451 g/mol. The topological polar surface area (TPSA) is 88.4 Å². The van der Waals surface area contributed by atoms with Crippen LogP contribution in [-0.2, 0) is 4.79 Å². The van der Waals surface area contributed by atoms with Crippen molar-refractivity contribution in [1.29, 1.82) is 5.26 Å². The molecule has 1 N–H and O–H groups in total. The van der Waals surface area contributed by atoms with Gasteiger partial charge in [0.15, 0.2) is 11.5 Å². The van der Waals surface area contributed by atoms with Gasteiger partial charge in [0.25, 0.3) is 5.91 Å². The molecule has 32 heavy (non-hydrogen) atoms. The molecule has 0 unspecified atom stereocenters. The summed E-state index contributed by atoms with van der Waals surface area (Å²) in [5.41, 5.74) is 0.998. The zero-order chi connectivity index (χ0) is 23.1. The van der Waals surface area contributed by atoms with Gasteiger partial charge in [-0.05, 0) is 54.1 Å². The Morgan fingerprint density at radius 2 is 1.66 bits per heavy atom. The quantitative estimate of drug-likeness (QED) is 0.215. The van der Waals surface area contributed by atoms with E-state index in [0.717, 1.165) is 0 Å². The van der Waals surface area contributed by atoms with Gasteiger partial charge in [-0.15, -0.1) is 0 Å². The van der Waals surface area contributed by atoms with Crippen LogP contribution in [-0.4, -0.2) is 19.0 Å². The summed E-state index contributed by atoms with van der Waals surface area (Å²) in [5, 5.41) is 12.7. The van der Waals surface area contributed by atoms with Crippen molar-refractivity contribution in [2.75, 3.05) is 12.4 Å². The number of ether oxygens (including phenoxy) is 2. The molecule has 3 rings (SSSR count). The van der Waals surface area contributed by atoms with Gasteiger partial charge in [-0.1, -0.05) is 47.5 Å². The van der Waals surface area contributed by atoms with Crippen molar-refractivity contribution in [3.8, 4) is 17.6 Å². The highest BCUT2D eigenvalue weighted by molar-refractivity contribution is 6.35. The number of methoxy groups -OCH3 is 1. The van der Waals surface area contributed by atoms with E-state index in [9.17, 15) is 14.9 Å². The molecule has 3 aromatic carbocycles. The zero-order valence-corrected chi connectivity index (χ0v) is 18.3. The number of hydrogen-bond donors (Lipinski definition) is 1. The Balaban J connectivity index is 1.85. The average Bonchev–Trinajstić information content (AvgIpc) is 2.77. The number of esters is 1. The van der Waals surface area contributed by atoms with Gasteiger partial charge in [0.05, 0.1) is 12.7 Å². The molecule has 0 radical (unpaired) electrons. The van der Waals surface area contributed by atoms with E-state index in [2.05, 4.69) is 5.32 Å². The minimum Gasteiger partial charge on any atom is -0.493 e. The van der Waals surface area contributed by atoms with Crippen molar-refractivity contribution in [3.63, 3.8) is 0 Å². The van der Waals surface area contributed by atoms with Crippen LogP contribution in [0.15, 0.2) is 72.3 Å². The van der Waals surface area contributed by atoms with Gasteiger partial charge in [0, 0.05) is 15.7 Å². The van der Waals surface area contributed by atoms with Crippen LogP contribution < -0.4 is 14.8 Å². The van der Waals surface area contributed by atoms with Crippen molar-refractivity contribution in [2.24, 2.45) is 0 Å². The normalized spacial score (nSPS) is 10.8. The molecule has 0 aliphatic heterocycles. The van der Waals surface area contributed by atoms with Gasteiger partial charge in [0.1, 0.15) is 11.6 Å². The average molecular weight is 467 g/mol. The van der Waals surface area contributed by atoms with Crippen LogP contribution in [0.5, 0.6) is 11.5 Å². The van der Waals surface area contributed by atoms with Crippen LogP contribution in [0.2, 0.25) is 10.0 Å². The van der Waals surface area contributed by atoms with Crippen LogP contribution in [0, 0.1) is 11.3 Å². The summed E-state index contributed by atoms with van der Waals surface area (Å²) < 4.78 is 10.7. The lowest BCUT2D eigenvalue weighted by molar-refractivity contribution is -0.112. The molecule has 160 valence electrons. The van der Waals surface area contributed by atoms with Gasteiger partial charge < -0.3 is 14.8 Å². The highest BCUT2D eigenvalue weighted by Crippen LogP contribution is 2.30. The second kappa shape index (κ2) is 10.5. The number of rotatable bonds is 6. The summed E-state index contributed by atoms with van der Waals surface area (Å²) in [6, 6.07) is 19.6. The summed E-state index contributed by atoms with van der Waals surface area (Å²) in [5.74, 6) is -0.747.